The lowest BCUT2D eigenvalue weighted by atomic mass is 9.97. The van der Waals surface area contributed by atoms with Crippen LogP contribution in [0.5, 0.6) is 0 Å². The van der Waals surface area contributed by atoms with Crippen molar-refractivity contribution in [2.24, 2.45) is 5.16 Å². The summed E-state index contributed by atoms with van der Waals surface area (Å²) < 4.78 is 28.4. The Kier molecular flexibility index (Phi) is 8.83. The average molecular weight is 436 g/mol. The van der Waals surface area contributed by atoms with Crippen LogP contribution in [0.4, 0.5) is 4.39 Å². The van der Waals surface area contributed by atoms with Gasteiger partial charge >= 0.3 is 5.97 Å². The van der Waals surface area contributed by atoms with Gasteiger partial charge in [0.15, 0.2) is 0 Å². The highest BCUT2D eigenvalue weighted by Gasteiger charge is 2.19. The first-order valence-electron chi connectivity index (χ1n) is 8.96. The van der Waals surface area contributed by atoms with Gasteiger partial charge in [0, 0.05) is 18.2 Å². The number of benzene rings is 2. The van der Waals surface area contributed by atoms with Gasteiger partial charge in [-0.1, -0.05) is 35.0 Å². The molecule has 0 aromatic heterocycles. The number of ether oxygens (including phenoxy) is 3. The van der Waals surface area contributed by atoms with Gasteiger partial charge in [-0.25, -0.2) is 9.18 Å². The Morgan fingerprint density at radius 2 is 1.93 bits per heavy atom. The second kappa shape index (κ2) is 11.3. The van der Waals surface area contributed by atoms with Gasteiger partial charge in [0.1, 0.15) is 23.7 Å². The van der Waals surface area contributed by atoms with Crippen LogP contribution in [0.25, 0.3) is 5.57 Å². The second-order valence-corrected chi connectivity index (χ2v) is 6.64. The molecule has 6 nitrogen and oxygen atoms in total. The maximum Gasteiger partial charge on any atom is 0.341 e. The summed E-state index contributed by atoms with van der Waals surface area (Å²) in [6.07, 6.45) is 1.32. The number of carbonyl (C=O) groups excluding carboxylic acids is 1. The Balaban J connectivity index is 2.35. The first-order chi connectivity index (χ1) is 14.4. The minimum absolute atomic E-state index is 0.0616. The Labute approximate surface area is 179 Å². The molecule has 8 heteroatoms. The van der Waals surface area contributed by atoms with E-state index in [-0.39, 0.29) is 23.8 Å². The summed E-state index contributed by atoms with van der Waals surface area (Å²) in [4.78, 5) is 17.8. The van der Waals surface area contributed by atoms with E-state index in [1.165, 1.54) is 45.8 Å². The lowest BCUT2D eigenvalue weighted by Crippen LogP contribution is -2.11. The van der Waals surface area contributed by atoms with Gasteiger partial charge in [0.25, 0.3) is 0 Å². The van der Waals surface area contributed by atoms with Crippen molar-refractivity contribution >= 4 is 28.9 Å². The largest absolute Gasteiger partial charge is 0.503 e. The topological polar surface area (TPSA) is 66.4 Å². The van der Waals surface area contributed by atoms with Crippen molar-refractivity contribution in [3.63, 3.8) is 0 Å². The van der Waals surface area contributed by atoms with Crippen LogP contribution < -0.4 is 0 Å². The highest BCUT2D eigenvalue weighted by molar-refractivity contribution is 6.34. The van der Waals surface area contributed by atoms with Crippen LogP contribution in [-0.2, 0) is 30.4 Å². The quantitative estimate of drug-likeness (QED) is 0.190. The standard InChI is InChI=1S/C22H23ClFNO5/c1-14-6-5-7-16(19(11-27-2)22(26)29-4)18(14)12-30-25-21(13-28-3)17-9-8-15(24)10-20(17)23/h5-11H,12-13H2,1-4H3/b19-11+,25-21+. The van der Waals surface area contributed by atoms with Gasteiger partial charge in [-0.2, -0.15) is 0 Å². The summed E-state index contributed by atoms with van der Waals surface area (Å²) >= 11 is 6.13. The molecule has 0 atom stereocenters. The number of aryl methyl sites for hydroxylation is 1. The SMILES string of the molecule is CO/C=C(/C(=O)OC)c1cccc(C)c1CO/N=C(\COC)c1ccc(F)cc1Cl. The molecule has 30 heavy (non-hydrogen) atoms. The average Bonchev–Trinajstić information content (AvgIpc) is 2.72. The van der Waals surface area contributed by atoms with E-state index in [0.717, 1.165) is 11.1 Å². The van der Waals surface area contributed by atoms with Crippen LogP contribution in [0.15, 0.2) is 47.8 Å². The zero-order valence-electron chi connectivity index (χ0n) is 17.2. The molecule has 0 aliphatic heterocycles. The summed E-state index contributed by atoms with van der Waals surface area (Å²) in [5.74, 6) is -0.989. The fourth-order valence-electron chi connectivity index (χ4n) is 2.78. The molecule has 0 saturated heterocycles. The lowest BCUT2D eigenvalue weighted by Gasteiger charge is -2.14. The molecule has 2 aromatic carbocycles. The normalized spacial score (nSPS) is 11.9. The Hall–Kier alpha value is -2.90. The van der Waals surface area contributed by atoms with Gasteiger partial charge < -0.3 is 19.0 Å². The smallest absolute Gasteiger partial charge is 0.341 e. The molecular formula is C22H23ClFNO5. The first-order valence-corrected chi connectivity index (χ1v) is 9.34. The maximum absolute atomic E-state index is 13.4. The van der Waals surface area contributed by atoms with Crippen molar-refractivity contribution in [1.29, 1.82) is 0 Å². The van der Waals surface area contributed by atoms with E-state index in [4.69, 9.17) is 30.6 Å². The lowest BCUT2D eigenvalue weighted by molar-refractivity contribution is -0.133. The Bertz CT molecular complexity index is 959. The van der Waals surface area contributed by atoms with Crippen LogP contribution in [-0.4, -0.2) is 39.6 Å². The predicted octanol–water partition coefficient (Wildman–Crippen LogP) is 4.52. The van der Waals surface area contributed by atoms with Gasteiger partial charge in [-0.05, 0) is 36.2 Å². The van der Waals surface area contributed by atoms with Crippen LogP contribution in [0.3, 0.4) is 0 Å². The third kappa shape index (κ3) is 5.81. The highest BCUT2D eigenvalue weighted by atomic mass is 35.5. The molecule has 0 heterocycles. The molecule has 2 rings (SSSR count). The van der Waals surface area contributed by atoms with E-state index in [1.807, 2.05) is 19.1 Å². The van der Waals surface area contributed by atoms with Crippen LogP contribution in [0.1, 0.15) is 22.3 Å². The van der Waals surface area contributed by atoms with Gasteiger partial charge in [0.2, 0.25) is 0 Å². The van der Waals surface area contributed by atoms with E-state index in [1.54, 1.807) is 6.07 Å². The minimum Gasteiger partial charge on any atom is -0.503 e. The molecule has 2 aromatic rings. The van der Waals surface area contributed by atoms with Gasteiger partial charge in [0.05, 0.1) is 32.1 Å². The molecule has 0 radical (unpaired) electrons. The predicted molar refractivity (Wildman–Crippen MR) is 113 cm³/mol. The van der Waals surface area contributed by atoms with Crippen molar-refractivity contribution in [2.45, 2.75) is 13.5 Å². The second-order valence-electron chi connectivity index (χ2n) is 6.23. The number of oxime groups is 1. The third-order valence-corrected chi connectivity index (χ3v) is 4.56. The van der Waals surface area contributed by atoms with Crippen molar-refractivity contribution in [1.82, 2.24) is 0 Å². The van der Waals surface area contributed by atoms with Gasteiger partial charge in [-0.15, -0.1) is 0 Å². The summed E-state index contributed by atoms with van der Waals surface area (Å²) in [5.41, 5.74) is 3.38. The fourth-order valence-corrected chi connectivity index (χ4v) is 3.06. The fraction of sp³-hybridized carbons (Fsp3) is 0.273. The van der Waals surface area contributed by atoms with Crippen LogP contribution >= 0.6 is 11.6 Å². The summed E-state index contributed by atoms with van der Waals surface area (Å²) in [5, 5.41) is 4.34. The number of halogens is 2. The van der Waals surface area contributed by atoms with Gasteiger partial charge in [-0.3, -0.25) is 0 Å². The molecule has 0 fully saturated rings. The van der Waals surface area contributed by atoms with E-state index in [0.29, 0.717) is 16.8 Å². The summed E-state index contributed by atoms with van der Waals surface area (Å²) in [6.45, 7) is 2.07. The number of hydrogen-bond donors (Lipinski definition) is 0. The molecule has 0 N–H and O–H groups in total. The number of nitrogens with zero attached hydrogens (tertiary/aromatic N) is 1. The molecule has 0 unspecified atom stereocenters. The Morgan fingerprint density at radius 1 is 1.17 bits per heavy atom. The molecule has 0 amide bonds. The van der Waals surface area contributed by atoms with Crippen LogP contribution in [0, 0.1) is 12.7 Å². The van der Waals surface area contributed by atoms with Crippen LogP contribution in [0.2, 0.25) is 5.02 Å². The zero-order chi connectivity index (χ0) is 22.1. The van der Waals surface area contributed by atoms with Crippen molar-refractivity contribution in [3.8, 4) is 0 Å². The molecule has 0 spiro atoms. The van der Waals surface area contributed by atoms with Crippen molar-refractivity contribution in [2.75, 3.05) is 27.9 Å². The van der Waals surface area contributed by atoms with E-state index in [2.05, 4.69) is 5.16 Å². The van der Waals surface area contributed by atoms with E-state index < -0.39 is 11.8 Å². The zero-order valence-corrected chi connectivity index (χ0v) is 18.0. The number of hydrogen-bond acceptors (Lipinski definition) is 6. The van der Waals surface area contributed by atoms with Crippen molar-refractivity contribution < 1.29 is 28.2 Å². The number of rotatable bonds is 9. The number of esters is 1. The molecule has 160 valence electrons. The molecule has 0 aliphatic carbocycles. The molecule has 0 saturated carbocycles. The summed E-state index contributed by atoms with van der Waals surface area (Å²) in [7, 11) is 4.25. The highest BCUT2D eigenvalue weighted by Crippen LogP contribution is 2.25. The monoisotopic (exact) mass is 435 g/mol. The first kappa shape index (κ1) is 23.4. The molecule has 0 bridgehead atoms. The van der Waals surface area contributed by atoms with Crippen molar-refractivity contribution in [3.05, 3.63) is 75.8 Å². The number of methoxy groups -OCH3 is 3. The molecular weight excluding hydrogens is 413 g/mol. The summed E-state index contributed by atoms with van der Waals surface area (Å²) in [6, 6.07) is 9.46. The maximum atomic E-state index is 13.4. The minimum atomic E-state index is -0.537. The third-order valence-electron chi connectivity index (χ3n) is 4.25. The van der Waals surface area contributed by atoms with E-state index >= 15 is 0 Å². The Morgan fingerprint density at radius 3 is 2.57 bits per heavy atom. The number of carbonyl (C=O) groups is 1. The molecule has 0 aliphatic rings. The van der Waals surface area contributed by atoms with E-state index in [9.17, 15) is 9.18 Å².